The number of carbonyl (C=O) groups is 2. The molecule has 21 heavy (non-hydrogen) atoms. The molecule has 0 unspecified atom stereocenters. The molecule has 0 saturated heterocycles. The van der Waals surface area contributed by atoms with Crippen molar-refractivity contribution in [2.75, 3.05) is 13.2 Å². The molecule has 6 nitrogen and oxygen atoms in total. The number of aromatic hydroxyl groups is 1. The maximum atomic E-state index is 11.8. The molecule has 0 aliphatic heterocycles. The number of benzene rings is 1. The Morgan fingerprint density at radius 1 is 1.24 bits per heavy atom. The summed E-state index contributed by atoms with van der Waals surface area (Å²) in [5, 5.41) is 9.17. The van der Waals surface area contributed by atoms with Gasteiger partial charge in [0.1, 0.15) is 12.4 Å². The van der Waals surface area contributed by atoms with E-state index < -0.39 is 31.2 Å². The Morgan fingerprint density at radius 3 is 2.57 bits per heavy atom. The number of hydrogen-bond donors (Lipinski definition) is 3. The third-order valence-corrected chi connectivity index (χ3v) is 2.16. The molecule has 0 spiro atoms. The number of ether oxygens (including phenoxy) is 1. The van der Waals surface area contributed by atoms with Crippen molar-refractivity contribution in [3.8, 4) is 5.75 Å². The van der Waals surface area contributed by atoms with Crippen LogP contribution in [0.15, 0.2) is 24.3 Å². The zero-order valence-corrected chi connectivity index (χ0v) is 10.7. The van der Waals surface area contributed by atoms with Crippen molar-refractivity contribution in [1.82, 2.24) is 10.9 Å². The first-order chi connectivity index (χ1) is 9.78. The highest BCUT2D eigenvalue weighted by atomic mass is 19.4. The molecule has 0 radical (unpaired) electrons. The molecular weight excluding hydrogens is 293 g/mol. The van der Waals surface area contributed by atoms with Crippen LogP contribution in [0, 0.1) is 0 Å². The number of rotatable bonds is 5. The Labute approximate surface area is 117 Å². The number of carbonyl (C=O) groups excluding carboxylic acids is 2. The summed E-state index contributed by atoms with van der Waals surface area (Å²) in [4.78, 5) is 22.8. The molecule has 0 heterocycles. The maximum absolute atomic E-state index is 11.8. The number of hydrogen-bond acceptors (Lipinski definition) is 4. The van der Waals surface area contributed by atoms with E-state index in [2.05, 4.69) is 10.2 Å². The monoisotopic (exact) mass is 306 g/mol. The van der Waals surface area contributed by atoms with E-state index in [9.17, 15) is 27.9 Å². The molecule has 0 aliphatic rings. The van der Waals surface area contributed by atoms with Crippen molar-refractivity contribution in [1.29, 1.82) is 0 Å². The second-order valence-corrected chi connectivity index (χ2v) is 3.97. The fraction of sp³-hybridized carbons (Fsp3) is 0.333. The van der Waals surface area contributed by atoms with Gasteiger partial charge in [-0.1, -0.05) is 6.07 Å². The SMILES string of the molecule is O=C(CCOCC(F)(F)F)NNC(=O)c1cccc(O)c1. The molecule has 0 fully saturated rings. The van der Waals surface area contributed by atoms with Gasteiger partial charge in [0.25, 0.3) is 5.91 Å². The van der Waals surface area contributed by atoms with Crippen molar-refractivity contribution in [2.45, 2.75) is 12.6 Å². The highest BCUT2D eigenvalue weighted by Gasteiger charge is 2.27. The van der Waals surface area contributed by atoms with Crippen molar-refractivity contribution in [3.05, 3.63) is 29.8 Å². The molecule has 0 atom stereocenters. The molecule has 116 valence electrons. The van der Waals surface area contributed by atoms with Crippen LogP contribution in [-0.2, 0) is 9.53 Å². The summed E-state index contributed by atoms with van der Waals surface area (Å²) in [6, 6.07) is 5.41. The lowest BCUT2D eigenvalue weighted by molar-refractivity contribution is -0.174. The van der Waals surface area contributed by atoms with Crippen LogP contribution < -0.4 is 10.9 Å². The van der Waals surface area contributed by atoms with Crippen LogP contribution in [0.3, 0.4) is 0 Å². The number of alkyl halides is 3. The standard InChI is InChI=1S/C12H13F3N2O4/c13-12(14,15)7-21-5-4-10(19)16-17-11(20)8-2-1-3-9(18)6-8/h1-3,6,18H,4-5,7H2,(H,16,19)(H,17,20). The predicted octanol–water partition coefficient (Wildman–Crippen LogP) is 1.12. The number of phenolic OH excluding ortho intramolecular Hbond substituents is 1. The van der Waals surface area contributed by atoms with Gasteiger partial charge in [0.05, 0.1) is 13.0 Å². The molecular formula is C12H13F3N2O4. The lowest BCUT2D eigenvalue weighted by Crippen LogP contribution is -2.42. The lowest BCUT2D eigenvalue weighted by Gasteiger charge is -2.09. The second-order valence-electron chi connectivity index (χ2n) is 3.97. The largest absolute Gasteiger partial charge is 0.508 e. The van der Waals surface area contributed by atoms with Gasteiger partial charge in [0.15, 0.2) is 0 Å². The smallest absolute Gasteiger partial charge is 0.411 e. The Balaban J connectivity index is 2.25. The third-order valence-electron chi connectivity index (χ3n) is 2.16. The van der Waals surface area contributed by atoms with E-state index in [-0.39, 0.29) is 17.7 Å². The van der Waals surface area contributed by atoms with Crippen LogP contribution >= 0.6 is 0 Å². The van der Waals surface area contributed by atoms with E-state index >= 15 is 0 Å². The number of hydrazine groups is 1. The zero-order chi connectivity index (χ0) is 15.9. The average Bonchev–Trinajstić information content (AvgIpc) is 2.40. The normalized spacial score (nSPS) is 11.0. The van der Waals surface area contributed by atoms with E-state index in [1.807, 2.05) is 5.43 Å². The summed E-state index contributed by atoms with van der Waals surface area (Å²) in [5.41, 5.74) is 4.19. The van der Waals surface area contributed by atoms with Crippen molar-refractivity contribution >= 4 is 11.8 Å². The average molecular weight is 306 g/mol. The molecule has 1 aromatic carbocycles. The first-order valence-electron chi connectivity index (χ1n) is 5.80. The van der Waals surface area contributed by atoms with Crippen molar-refractivity contribution < 1.29 is 32.6 Å². The molecule has 0 bridgehead atoms. The fourth-order valence-corrected chi connectivity index (χ4v) is 1.26. The molecule has 2 amide bonds. The van der Waals surface area contributed by atoms with E-state index in [1.54, 1.807) is 0 Å². The van der Waals surface area contributed by atoms with Gasteiger partial charge < -0.3 is 9.84 Å². The molecule has 1 rings (SSSR count). The van der Waals surface area contributed by atoms with Gasteiger partial charge in [-0.05, 0) is 18.2 Å². The van der Waals surface area contributed by atoms with Gasteiger partial charge in [-0.3, -0.25) is 20.4 Å². The summed E-state index contributed by atoms with van der Waals surface area (Å²) >= 11 is 0. The summed E-state index contributed by atoms with van der Waals surface area (Å²) in [6.07, 6.45) is -4.78. The van der Waals surface area contributed by atoms with Crippen LogP contribution in [0.25, 0.3) is 0 Å². The van der Waals surface area contributed by atoms with Gasteiger partial charge in [-0.2, -0.15) is 13.2 Å². The highest BCUT2D eigenvalue weighted by Crippen LogP contribution is 2.14. The Morgan fingerprint density at radius 2 is 1.95 bits per heavy atom. The highest BCUT2D eigenvalue weighted by molar-refractivity contribution is 5.95. The second kappa shape index (κ2) is 7.48. The summed E-state index contributed by atoms with van der Waals surface area (Å²) < 4.78 is 39.5. The van der Waals surface area contributed by atoms with E-state index in [0.717, 1.165) is 0 Å². The topological polar surface area (TPSA) is 87.7 Å². The Kier molecular flexibility index (Phi) is 5.97. The van der Waals surface area contributed by atoms with Crippen LogP contribution in [0.4, 0.5) is 13.2 Å². The Hall–Kier alpha value is -2.29. The van der Waals surface area contributed by atoms with E-state index in [1.165, 1.54) is 24.3 Å². The molecule has 0 aliphatic carbocycles. The maximum Gasteiger partial charge on any atom is 0.411 e. The van der Waals surface area contributed by atoms with Crippen LogP contribution in [0.2, 0.25) is 0 Å². The minimum atomic E-state index is -4.44. The lowest BCUT2D eigenvalue weighted by atomic mass is 10.2. The molecule has 0 saturated carbocycles. The first kappa shape index (κ1) is 16.8. The van der Waals surface area contributed by atoms with Crippen molar-refractivity contribution in [2.24, 2.45) is 0 Å². The summed E-state index contributed by atoms with van der Waals surface area (Å²) in [5.74, 6) is -1.49. The van der Waals surface area contributed by atoms with Gasteiger partial charge in [-0.15, -0.1) is 0 Å². The van der Waals surface area contributed by atoms with E-state index in [0.29, 0.717) is 0 Å². The molecule has 1 aromatic rings. The number of nitrogens with one attached hydrogen (secondary N) is 2. The van der Waals surface area contributed by atoms with Gasteiger partial charge in [0, 0.05) is 5.56 Å². The number of phenols is 1. The van der Waals surface area contributed by atoms with Gasteiger partial charge in [0.2, 0.25) is 5.91 Å². The zero-order valence-electron chi connectivity index (χ0n) is 10.7. The number of halogens is 3. The van der Waals surface area contributed by atoms with Crippen molar-refractivity contribution in [3.63, 3.8) is 0 Å². The minimum Gasteiger partial charge on any atom is -0.508 e. The summed E-state index contributed by atoms with van der Waals surface area (Å²) in [7, 11) is 0. The number of amides is 2. The first-order valence-corrected chi connectivity index (χ1v) is 5.80. The fourth-order valence-electron chi connectivity index (χ4n) is 1.26. The van der Waals surface area contributed by atoms with Crippen LogP contribution in [-0.4, -0.2) is 36.3 Å². The third kappa shape index (κ3) is 7.16. The molecule has 9 heteroatoms. The predicted molar refractivity (Wildman–Crippen MR) is 65.2 cm³/mol. The molecule has 3 N–H and O–H groups in total. The summed E-state index contributed by atoms with van der Waals surface area (Å²) in [6.45, 7) is -1.86. The molecule has 0 aromatic heterocycles. The van der Waals surface area contributed by atoms with Gasteiger partial charge in [-0.25, -0.2) is 0 Å². The van der Waals surface area contributed by atoms with Crippen LogP contribution in [0.1, 0.15) is 16.8 Å². The quantitative estimate of drug-likeness (QED) is 0.562. The Bertz CT molecular complexity index is 506. The minimum absolute atomic E-state index is 0.114. The van der Waals surface area contributed by atoms with Gasteiger partial charge >= 0.3 is 6.18 Å². The van der Waals surface area contributed by atoms with Crippen LogP contribution in [0.5, 0.6) is 5.75 Å². The van der Waals surface area contributed by atoms with E-state index in [4.69, 9.17) is 0 Å².